The summed E-state index contributed by atoms with van der Waals surface area (Å²) in [6, 6.07) is 8.21. The highest BCUT2D eigenvalue weighted by Gasteiger charge is 2.04. The fourth-order valence-electron chi connectivity index (χ4n) is 3.34. The van der Waals surface area contributed by atoms with Gasteiger partial charge >= 0.3 is 5.97 Å². The van der Waals surface area contributed by atoms with Crippen LogP contribution in [0.2, 0.25) is 5.02 Å². The molecule has 0 aliphatic heterocycles. The lowest BCUT2D eigenvalue weighted by atomic mass is 10.0. The van der Waals surface area contributed by atoms with E-state index in [0.717, 1.165) is 42.7 Å². The summed E-state index contributed by atoms with van der Waals surface area (Å²) in [4.78, 5) is 15.9. The van der Waals surface area contributed by atoms with E-state index in [-0.39, 0.29) is 5.97 Å². The number of ether oxygens (including phenoxy) is 1. The smallest absolute Gasteiger partial charge is 0.305 e. The van der Waals surface area contributed by atoms with Crippen molar-refractivity contribution in [3.63, 3.8) is 0 Å². The number of hydrogen-bond acceptors (Lipinski definition) is 3. The van der Waals surface area contributed by atoms with Crippen molar-refractivity contribution in [1.29, 1.82) is 0 Å². The molecule has 30 heavy (non-hydrogen) atoms. The number of nitrogens with zero attached hydrogens (tertiary/aromatic N) is 1. The van der Waals surface area contributed by atoms with Crippen LogP contribution in [0.25, 0.3) is 0 Å². The molecule has 0 saturated heterocycles. The van der Waals surface area contributed by atoms with Crippen LogP contribution in [0.5, 0.6) is 0 Å². The largest absolute Gasteiger partial charge is 0.469 e. The second-order valence-corrected chi connectivity index (χ2v) is 8.36. The molecular formula is C26H40ClNO2. The second-order valence-electron chi connectivity index (χ2n) is 7.92. The fourth-order valence-corrected chi connectivity index (χ4v) is 3.46. The Balaban J connectivity index is 2.28. The van der Waals surface area contributed by atoms with E-state index in [1.807, 2.05) is 30.5 Å². The normalized spacial score (nSPS) is 12.6. The number of esters is 1. The molecule has 0 radical (unpaired) electrons. The van der Waals surface area contributed by atoms with Gasteiger partial charge in [0.1, 0.15) is 0 Å². The maximum Gasteiger partial charge on any atom is 0.305 e. The van der Waals surface area contributed by atoms with Gasteiger partial charge in [-0.3, -0.25) is 9.79 Å². The summed E-state index contributed by atoms with van der Waals surface area (Å²) in [7, 11) is 1.45. The van der Waals surface area contributed by atoms with Gasteiger partial charge in [-0.05, 0) is 49.8 Å². The number of allylic oxidation sites excluding steroid dienone is 1. The lowest BCUT2D eigenvalue weighted by Gasteiger charge is -2.10. The number of aliphatic imine (C=N–C) groups is 1. The minimum atomic E-state index is -0.0964. The molecule has 0 saturated carbocycles. The van der Waals surface area contributed by atoms with Crippen molar-refractivity contribution < 1.29 is 9.53 Å². The first-order valence-corrected chi connectivity index (χ1v) is 12.0. The molecule has 0 fully saturated rings. The van der Waals surface area contributed by atoms with Crippen molar-refractivity contribution in [3.8, 4) is 0 Å². The molecule has 0 bridgehead atoms. The van der Waals surface area contributed by atoms with E-state index in [4.69, 9.17) is 16.6 Å². The first-order valence-electron chi connectivity index (χ1n) is 11.7. The molecule has 4 heteroatoms. The molecule has 0 aliphatic carbocycles. The number of halogens is 1. The van der Waals surface area contributed by atoms with Gasteiger partial charge in [-0.2, -0.15) is 0 Å². The number of carbonyl (C=O) groups is 1. The third-order valence-electron chi connectivity index (χ3n) is 5.25. The molecular weight excluding hydrogens is 394 g/mol. The summed E-state index contributed by atoms with van der Waals surface area (Å²) >= 11 is 5.96. The van der Waals surface area contributed by atoms with E-state index in [1.54, 1.807) is 0 Å². The van der Waals surface area contributed by atoms with Gasteiger partial charge in [0.2, 0.25) is 0 Å². The maximum atomic E-state index is 11.1. The Morgan fingerprint density at radius 2 is 1.70 bits per heavy atom. The van der Waals surface area contributed by atoms with Crippen LogP contribution in [-0.2, 0) is 9.53 Å². The highest BCUT2D eigenvalue weighted by atomic mass is 35.5. The van der Waals surface area contributed by atoms with Crippen molar-refractivity contribution in [2.45, 2.75) is 96.4 Å². The van der Waals surface area contributed by atoms with Crippen molar-refractivity contribution in [2.75, 3.05) is 7.11 Å². The standard InChI is InChI=1S/C26H40ClNO2/c1-3-4-5-12-15-25(28-22-23-18-20-24(27)21-19-23)16-13-10-8-6-7-9-11-14-17-26(29)30-2/h10,13,18-22,25H,3-9,11-12,14-17H2,1-2H3/b13-10-,28-22?. The lowest BCUT2D eigenvalue weighted by Crippen LogP contribution is -2.04. The predicted octanol–water partition coefficient (Wildman–Crippen LogP) is 7.95. The molecule has 1 aromatic rings. The first-order chi connectivity index (χ1) is 14.7. The third kappa shape index (κ3) is 14.4. The Labute approximate surface area is 189 Å². The Bertz CT molecular complexity index is 610. The van der Waals surface area contributed by atoms with Crippen LogP contribution >= 0.6 is 11.6 Å². The molecule has 0 aliphatic rings. The van der Waals surface area contributed by atoms with Gasteiger partial charge in [0.05, 0.1) is 13.2 Å². The van der Waals surface area contributed by atoms with Crippen molar-refractivity contribution in [3.05, 3.63) is 47.0 Å². The highest BCUT2D eigenvalue weighted by molar-refractivity contribution is 6.30. The van der Waals surface area contributed by atoms with Crippen molar-refractivity contribution in [1.82, 2.24) is 0 Å². The summed E-state index contributed by atoms with van der Waals surface area (Å²) < 4.78 is 4.66. The topological polar surface area (TPSA) is 38.7 Å². The van der Waals surface area contributed by atoms with E-state index in [0.29, 0.717) is 12.5 Å². The highest BCUT2D eigenvalue weighted by Crippen LogP contribution is 2.14. The maximum absolute atomic E-state index is 11.1. The molecule has 3 nitrogen and oxygen atoms in total. The van der Waals surface area contributed by atoms with Gasteiger partial charge < -0.3 is 4.74 Å². The van der Waals surface area contributed by atoms with E-state index in [9.17, 15) is 4.79 Å². The van der Waals surface area contributed by atoms with Crippen LogP contribution in [0, 0.1) is 0 Å². The van der Waals surface area contributed by atoms with Gasteiger partial charge in [0.15, 0.2) is 0 Å². The average molecular weight is 434 g/mol. The SMILES string of the molecule is CCCCCCC(C/C=C\CCCCCCCC(=O)OC)N=Cc1ccc(Cl)cc1. The summed E-state index contributed by atoms with van der Waals surface area (Å²) in [5, 5.41) is 0.759. The number of methoxy groups -OCH3 is 1. The van der Waals surface area contributed by atoms with Gasteiger partial charge in [-0.25, -0.2) is 0 Å². The second kappa shape index (κ2) is 18.2. The number of carbonyl (C=O) groups excluding carboxylic acids is 1. The van der Waals surface area contributed by atoms with Crippen LogP contribution < -0.4 is 0 Å². The number of benzene rings is 1. The molecule has 0 aromatic heterocycles. The Morgan fingerprint density at radius 3 is 2.43 bits per heavy atom. The number of hydrogen-bond donors (Lipinski definition) is 0. The van der Waals surface area contributed by atoms with E-state index < -0.39 is 0 Å². The van der Waals surface area contributed by atoms with Gasteiger partial charge in [-0.1, -0.05) is 87.8 Å². The van der Waals surface area contributed by atoms with E-state index in [2.05, 4.69) is 23.8 Å². The van der Waals surface area contributed by atoms with Crippen molar-refractivity contribution in [2.24, 2.45) is 4.99 Å². The predicted molar refractivity (Wildman–Crippen MR) is 130 cm³/mol. The quantitative estimate of drug-likeness (QED) is 0.108. The Kier molecular flexibility index (Phi) is 16.0. The van der Waals surface area contributed by atoms with Gasteiger partial charge in [-0.15, -0.1) is 0 Å². The number of rotatable bonds is 17. The van der Waals surface area contributed by atoms with Gasteiger partial charge in [0, 0.05) is 17.7 Å². The van der Waals surface area contributed by atoms with Crippen molar-refractivity contribution >= 4 is 23.8 Å². The summed E-state index contributed by atoms with van der Waals surface area (Å²) in [5.41, 5.74) is 1.11. The molecule has 1 unspecified atom stereocenters. The van der Waals surface area contributed by atoms with E-state index >= 15 is 0 Å². The summed E-state index contributed by atoms with van der Waals surface area (Å²) in [5.74, 6) is -0.0964. The Hall–Kier alpha value is -1.61. The number of unbranched alkanes of at least 4 members (excludes halogenated alkanes) is 8. The molecule has 1 atom stereocenters. The molecule has 168 valence electrons. The van der Waals surface area contributed by atoms with Crippen LogP contribution in [0.4, 0.5) is 0 Å². The minimum absolute atomic E-state index is 0.0964. The van der Waals surface area contributed by atoms with Crippen LogP contribution in [-0.4, -0.2) is 25.3 Å². The molecule has 0 heterocycles. The van der Waals surface area contributed by atoms with Crippen LogP contribution in [0.3, 0.4) is 0 Å². The Morgan fingerprint density at radius 1 is 1.00 bits per heavy atom. The van der Waals surface area contributed by atoms with Gasteiger partial charge in [0.25, 0.3) is 0 Å². The molecule has 0 spiro atoms. The third-order valence-corrected chi connectivity index (χ3v) is 5.50. The molecule has 0 amide bonds. The summed E-state index contributed by atoms with van der Waals surface area (Å²) in [6.07, 6.45) is 21.2. The first kappa shape index (κ1) is 26.4. The van der Waals surface area contributed by atoms with Crippen LogP contribution in [0.15, 0.2) is 41.4 Å². The average Bonchev–Trinajstić information content (AvgIpc) is 2.76. The zero-order chi connectivity index (χ0) is 21.9. The zero-order valence-corrected chi connectivity index (χ0v) is 19.7. The molecule has 0 N–H and O–H groups in total. The zero-order valence-electron chi connectivity index (χ0n) is 19.0. The minimum Gasteiger partial charge on any atom is -0.469 e. The molecule has 1 aromatic carbocycles. The van der Waals surface area contributed by atoms with Crippen LogP contribution in [0.1, 0.15) is 96.0 Å². The van der Waals surface area contributed by atoms with E-state index in [1.165, 1.54) is 52.1 Å². The monoisotopic (exact) mass is 433 g/mol. The lowest BCUT2D eigenvalue weighted by molar-refractivity contribution is -0.140. The molecule has 1 rings (SSSR count). The fraction of sp³-hybridized carbons (Fsp3) is 0.615. The summed E-state index contributed by atoms with van der Waals surface area (Å²) in [6.45, 7) is 2.25.